The van der Waals surface area contributed by atoms with Crippen molar-refractivity contribution in [2.24, 2.45) is 0 Å². The van der Waals surface area contributed by atoms with Crippen LogP contribution in [0.3, 0.4) is 0 Å². The standard InChI is InChI=1S/C61H118O6/c1-4-7-10-13-16-18-20-21-22-23-24-25-26-27-28-29-30-31-32-33-34-35-36-37-38-39-40-41-42-44-45-48-51-54-60(63)66-57-58(56-65-59(62)53-50-47-15-12-9-6-3)67-61(64)55-52-49-46-43-19-17-14-11-8-5-2/h58H,4-57H2,1-3H3. The SMILES string of the molecule is CCCCCCCCCCCCCCCCCCCCCCCCCCCCCCCCCCCC(=O)OCC(COC(=O)CCCCCCCC)OC(=O)CCCCCCCCCCCC. The normalized spacial score (nSPS) is 11.9. The van der Waals surface area contributed by atoms with Gasteiger partial charge < -0.3 is 14.2 Å². The molecular formula is C61H118O6. The fourth-order valence-electron chi connectivity index (χ4n) is 9.51. The van der Waals surface area contributed by atoms with Gasteiger partial charge in [0, 0.05) is 19.3 Å². The van der Waals surface area contributed by atoms with E-state index in [1.165, 1.54) is 257 Å². The molecule has 0 aromatic rings. The van der Waals surface area contributed by atoms with Crippen LogP contribution in [0.4, 0.5) is 0 Å². The highest BCUT2D eigenvalue weighted by molar-refractivity contribution is 5.71. The first-order chi connectivity index (χ1) is 33.0. The summed E-state index contributed by atoms with van der Waals surface area (Å²) in [5.74, 6) is -0.854. The lowest BCUT2D eigenvalue weighted by Crippen LogP contribution is -2.30. The largest absolute Gasteiger partial charge is 0.462 e. The molecule has 0 aromatic carbocycles. The first-order valence-corrected chi connectivity index (χ1v) is 30.5. The molecule has 0 fully saturated rings. The van der Waals surface area contributed by atoms with Crippen molar-refractivity contribution in [1.29, 1.82) is 0 Å². The first-order valence-electron chi connectivity index (χ1n) is 30.5. The first kappa shape index (κ1) is 65.4. The minimum absolute atomic E-state index is 0.0629. The van der Waals surface area contributed by atoms with Crippen molar-refractivity contribution in [1.82, 2.24) is 0 Å². The highest BCUT2D eigenvalue weighted by atomic mass is 16.6. The number of carbonyl (C=O) groups excluding carboxylic acids is 3. The maximum Gasteiger partial charge on any atom is 0.306 e. The molecule has 0 N–H and O–H groups in total. The second-order valence-corrected chi connectivity index (χ2v) is 21.0. The smallest absolute Gasteiger partial charge is 0.306 e. The molecule has 0 aliphatic heterocycles. The van der Waals surface area contributed by atoms with E-state index in [1.54, 1.807) is 0 Å². The number of hydrogen-bond acceptors (Lipinski definition) is 6. The zero-order valence-electron chi connectivity index (χ0n) is 45.7. The number of carbonyl (C=O) groups is 3. The van der Waals surface area contributed by atoms with Crippen LogP contribution in [0.25, 0.3) is 0 Å². The average Bonchev–Trinajstić information content (AvgIpc) is 3.33. The van der Waals surface area contributed by atoms with Crippen LogP contribution in [-0.4, -0.2) is 37.2 Å². The minimum Gasteiger partial charge on any atom is -0.462 e. The van der Waals surface area contributed by atoms with Gasteiger partial charge in [-0.05, 0) is 19.3 Å². The highest BCUT2D eigenvalue weighted by Gasteiger charge is 2.19. The Bertz CT molecular complexity index is 998. The summed E-state index contributed by atoms with van der Waals surface area (Å²) in [6, 6.07) is 0. The Hall–Kier alpha value is -1.59. The van der Waals surface area contributed by atoms with E-state index in [4.69, 9.17) is 14.2 Å². The number of rotatable bonds is 57. The van der Waals surface area contributed by atoms with Crippen molar-refractivity contribution >= 4 is 17.9 Å². The topological polar surface area (TPSA) is 78.9 Å². The van der Waals surface area contributed by atoms with Gasteiger partial charge in [-0.15, -0.1) is 0 Å². The number of esters is 3. The van der Waals surface area contributed by atoms with Crippen molar-refractivity contribution in [3.05, 3.63) is 0 Å². The van der Waals surface area contributed by atoms with Crippen LogP contribution < -0.4 is 0 Å². The van der Waals surface area contributed by atoms with Gasteiger partial charge in [-0.25, -0.2) is 0 Å². The van der Waals surface area contributed by atoms with Crippen LogP contribution in [0.2, 0.25) is 0 Å². The summed E-state index contributed by atoms with van der Waals surface area (Å²) in [5.41, 5.74) is 0. The molecule has 0 spiro atoms. The molecule has 0 amide bonds. The van der Waals surface area contributed by atoms with Gasteiger partial charge in [0.2, 0.25) is 0 Å². The van der Waals surface area contributed by atoms with E-state index in [1.807, 2.05) is 0 Å². The van der Waals surface area contributed by atoms with Gasteiger partial charge in [-0.1, -0.05) is 316 Å². The molecule has 6 nitrogen and oxygen atoms in total. The van der Waals surface area contributed by atoms with E-state index in [-0.39, 0.29) is 31.1 Å². The van der Waals surface area contributed by atoms with Crippen molar-refractivity contribution in [2.45, 2.75) is 361 Å². The summed E-state index contributed by atoms with van der Waals surface area (Å²) in [6.45, 7) is 6.62. The molecule has 0 radical (unpaired) electrons. The Kier molecular flexibility index (Phi) is 55.6. The highest BCUT2D eigenvalue weighted by Crippen LogP contribution is 2.18. The minimum atomic E-state index is -0.758. The summed E-state index contributed by atoms with van der Waals surface area (Å²) in [6.07, 6.45) is 64.6. The Labute approximate surface area is 418 Å². The lowest BCUT2D eigenvalue weighted by molar-refractivity contribution is -0.167. The molecule has 0 bridgehead atoms. The number of hydrogen-bond donors (Lipinski definition) is 0. The van der Waals surface area contributed by atoms with Gasteiger partial charge in [-0.3, -0.25) is 14.4 Å². The number of unbranched alkanes of at least 4 members (excludes halogenated alkanes) is 46. The van der Waals surface area contributed by atoms with Crippen LogP contribution in [0.1, 0.15) is 355 Å². The predicted molar refractivity (Wildman–Crippen MR) is 289 cm³/mol. The molecule has 0 saturated heterocycles. The van der Waals surface area contributed by atoms with Crippen molar-refractivity contribution in [3.63, 3.8) is 0 Å². The third kappa shape index (κ3) is 55.2. The molecule has 67 heavy (non-hydrogen) atoms. The summed E-state index contributed by atoms with van der Waals surface area (Å²) in [7, 11) is 0. The molecule has 0 rings (SSSR count). The molecule has 0 aliphatic rings. The van der Waals surface area contributed by atoms with Gasteiger partial charge in [0.25, 0.3) is 0 Å². The van der Waals surface area contributed by atoms with E-state index >= 15 is 0 Å². The van der Waals surface area contributed by atoms with Crippen LogP contribution in [0.15, 0.2) is 0 Å². The van der Waals surface area contributed by atoms with Crippen molar-refractivity contribution in [3.8, 4) is 0 Å². The Morgan fingerprint density at radius 3 is 0.597 bits per heavy atom. The molecule has 0 heterocycles. The van der Waals surface area contributed by atoms with E-state index in [0.717, 1.165) is 57.8 Å². The van der Waals surface area contributed by atoms with Crippen LogP contribution in [-0.2, 0) is 28.6 Å². The summed E-state index contributed by atoms with van der Waals surface area (Å²) in [5, 5.41) is 0. The maximum atomic E-state index is 12.7. The molecule has 6 heteroatoms. The summed E-state index contributed by atoms with van der Waals surface area (Å²) >= 11 is 0. The van der Waals surface area contributed by atoms with Crippen LogP contribution >= 0.6 is 0 Å². The zero-order chi connectivity index (χ0) is 48.6. The van der Waals surface area contributed by atoms with Gasteiger partial charge in [-0.2, -0.15) is 0 Å². The predicted octanol–water partition coefficient (Wildman–Crippen LogP) is 20.3. The number of ether oxygens (including phenoxy) is 3. The summed E-state index contributed by atoms with van der Waals surface area (Å²) < 4.78 is 16.7. The fraction of sp³-hybridized carbons (Fsp3) is 0.951. The van der Waals surface area contributed by atoms with Gasteiger partial charge in [0.05, 0.1) is 0 Å². The molecule has 0 aliphatic carbocycles. The molecule has 1 unspecified atom stereocenters. The van der Waals surface area contributed by atoms with E-state index < -0.39 is 6.10 Å². The lowest BCUT2D eigenvalue weighted by atomic mass is 10.0. The van der Waals surface area contributed by atoms with Gasteiger partial charge in [0.15, 0.2) is 6.10 Å². The van der Waals surface area contributed by atoms with Gasteiger partial charge >= 0.3 is 17.9 Å². The molecule has 1 atom stereocenters. The zero-order valence-corrected chi connectivity index (χ0v) is 45.7. The van der Waals surface area contributed by atoms with Gasteiger partial charge in [0.1, 0.15) is 13.2 Å². The van der Waals surface area contributed by atoms with Crippen LogP contribution in [0.5, 0.6) is 0 Å². The van der Waals surface area contributed by atoms with Crippen molar-refractivity contribution in [2.75, 3.05) is 13.2 Å². The quantitative estimate of drug-likeness (QED) is 0.0343. The Morgan fingerprint density at radius 1 is 0.239 bits per heavy atom. The van der Waals surface area contributed by atoms with Crippen LogP contribution in [0, 0.1) is 0 Å². The third-order valence-electron chi connectivity index (χ3n) is 14.1. The van der Waals surface area contributed by atoms with Crippen molar-refractivity contribution < 1.29 is 28.6 Å². The molecule has 0 aromatic heterocycles. The Morgan fingerprint density at radius 2 is 0.403 bits per heavy atom. The second-order valence-electron chi connectivity index (χ2n) is 21.0. The fourth-order valence-corrected chi connectivity index (χ4v) is 9.51. The van der Waals surface area contributed by atoms with E-state index in [0.29, 0.717) is 19.3 Å². The molecule has 398 valence electrons. The average molecular weight is 948 g/mol. The summed E-state index contributed by atoms with van der Waals surface area (Å²) in [4.78, 5) is 37.7. The Balaban J connectivity index is 3.79. The molecule has 0 saturated carbocycles. The third-order valence-corrected chi connectivity index (χ3v) is 14.1. The van der Waals surface area contributed by atoms with E-state index in [2.05, 4.69) is 20.8 Å². The second kappa shape index (κ2) is 57.0. The lowest BCUT2D eigenvalue weighted by Gasteiger charge is -2.18. The molecular weight excluding hydrogens is 829 g/mol. The van der Waals surface area contributed by atoms with E-state index in [9.17, 15) is 14.4 Å². The monoisotopic (exact) mass is 947 g/mol. The maximum absolute atomic E-state index is 12.7.